The van der Waals surface area contributed by atoms with Crippen LogP contribution in [0.5, 0.6) is 11.5 Å². The molecule has 0 unspecified atom stereocenters. The minimum absolute atomic E-state index is 0.176. The van der Waals surface area contributed by atoms with Crippen molar-refractivity contribution in [2.45, 2.75) is 0 Å². The molecule has 9 heteroatoms. The lowest BCUT2D eigenvalue weighted by Gasteiger charge is -2.11. The first-order valence-electron chi connectivity index (χ1n) is 7.50. The Morgan fingerprint density at radius 1 is 1.19 bits per heavy atom. The minimum atomic E-state index is -0.649. The van der Waals surface area contributed by atoms with Gasteiger partial charge < -0.3 is 15.2 Å². The number of thioether (sulfide) groups is 1. The van der Waals surface area contributed by atoms with Gasteiger partial charge in [-0.05, 0) is 53.7 Å². The van der Waals surface area contributed by atoms with Crippen LogP contribution in [0.4, 0.5) is 0 Å². The van der Waals surface area contributed by atoms with Crippen LogP contribution >= 0.6 is 35.0 Å². The standard InChI is InChI=1S/C18H12Cl2N2O4S/c1-25-14-6-9(7-15-16(23)22-18(21)27-15)2-5-13(14)26-17(24)11-4-3-10(19)8-12(11)20/h2-8H,1H3,(H2,21,22,23)/b15-7-. The van der Waals surface area contributed by atoms with Crippen LogP contribution in [-0.2, 0) is 4.79 Å². The predicted octanol–water partition coefficient (Wildman–Crippen LogP) is 4.15. The Bertz CT molecular complexity index is 1000. The van der Waals surface area contributed by atoms with Crippen LogP contribution in [0, 0.1) is 0 Å². The Labute approximate surface area is 168 Å². The number of aliphatic imine (C=N–C) groups is 1. The van der Waals surface area contributed by atoms with E-state index < -0.39 is 11.9 Å². The average Bonchev–Trinajstić information content (AvgIpc) is 2.93. The quantitative estimate of drug-likeness (QED) is 0.451. The number of amidine groups is 1. The number of hydrogen-bond acceptors (Lipinski definition) is 6. The Hall–Kier alpha value is -2.48. The normalized spacial score (nSPS) is 15.0. The van der Waals surface area contributed by atoms with Crippen molar-refractivity contribution in [2.75, 3.05) is 7.11 Å². The summed E-state index contributed by atoms with van der Waals surface area (Å²) in [5.41, 5.74) is 6.37. The second-order valence-corrected chi connectivity index (χ2v) is 7.20. The van der Waals surface area contributed by atoms with E-state index in [1.54, 1.807) is 30.3 Å². The maximum Gasteiger partial charge on any atom is 0.345 e. The van der Waals surface area contributed by atoms with Gasteiger partial charge in [-0.1, -0.05) is 29.3 Å². The molecule has 1 heterocycles. The number of benzene rings is 2. The van der Waals surface area contributed by atoms with Crippen LogP contribution in [-0.4, -0.2) is 24.2 Å². The monoisotopic (exact) mass is 422 g/mol. The summed E-state index contributed by atoms with van der Waals surface area (Å²) in [6.07, 6.45) is 1.63. The molecule has 0 aliphatic carbocycles. The van der Waals surface area contributed by atoms with Crippen LogP contribution in [0.3, 0.4) is 0 Å². The molecule has 27 heavy (non-hydrogen) atoms. The fourth-order valence-electron chi connectivity index (χ4n) is 2.25. The highest BCUT2D eigenvalue weighted by Gasteiger charge is 2.20. The predicted molar refractivity (Wildman–Crippen MR) is 107 cm³/mol. The van der Waals surface area contributed by atoms with Gasteiger partial charge in [0.15, 0.2) is 16.7 Å². The van der Waals surface area contributed by atoms with Crippen molar-refractivity contribution >= 4 is 58.1 Å². The van der Waals surface area contributed by atoms with E-state index in [-0.39, 0.29) is 21.5 Å². The number of ether oxygens (including phenoxy) is 2. The Kier molecular flexibility index (Phi) is 5.74. The lowest BCUT2D eigenvalue weighted by molar-refractivity contribution is -0.113. The molecule has 2 aromatic carbocycles. The molecule has 138 valence electrons. The van der Waals surface area contributed by atoms with Crippen molar-refractivity contribution in [1.82, 2.24) is 0 Å². The van der Waals surface area contributed by atoms with Crippen molar-refractivity contribution in [1.29, 1.82) is 0 Å². The van der Waals surface area contributed by atoms with E-state index in [4.69, 9.17) is 38.4 Å². The van der Waals surface area contributed by atoms with Crippen LogP contribution < -0.4 is 15.2 Å². The van der Waals surface area contributed by atoms with Crippen molar-refractivity contribution in [3.05, 3.63) is 62.5 Å². The second-order valence-electron chi connectivity index (χ2n) is 5.29. The van der Waals surface area contributed by atoms with Gasteiger partial charge in [0.1, 0.15) is 0 Å². The van der Waals surface area contributed by atoms with E-state index in [2.05, 4.69) is 4.99 Å². The zero-order valence-electron chi connectivity index (χ0n) is 13.9. The molecule has 0 spiro atoms. The molecule has 0 saturated carbocycles. The van der Waals surface area contributed by atoms with E-state index in [0.29, 0.717) is 21.2 Å². The van der Waals surface area contributed by atoms with Crippen molar-refractivity contribution < 1.29 is 19.1 Å². The number of nitrogens with zero attached hydrogens (tertiary/aromatic N) is 1. The number of nitrogens with two attached hydrogens (primary N) is 1. The molecule has 1 aliphatic rings. The number of carbonyl (C=O) groups is 2. The van der Waals surface area contributed by atoms with E-state index in [1.165, 1.54) is 19.2 Å². The summed E-state index contributed by atoms with van der Waals surface area (Å²) in [5, 5.41) is 0.793. The van der Waals surface area contributed by atoms with Gasteiger partial charge >= 0.3 is 5.97 Å². The van der Waals surface area contributed by atoms with Gasteiger partial charge in [0.05, 0.1) is 22.6 Å². The number of esters is 1. The molecule has 6 nitrogen and oxygen atoms in total. The smallest absolute Gasteiger partial charge is 0.345 e. The maximum absolute atomic E-state index is 12.4. The van der Waals surface area contributed by atoms with Gasteiger partial charge in [-0.15, -0.1) is 0 Å². The largest absolute Gasteiger partial charge is 0.493 e. The van der Waals surface area contributed by atoms with Crippen molar-refractivity contribution in [3.8, 4) is 11.5 Å². The molecule has 0 fully saturated rings. The summed E-state index contributed by atoms with van der Waals surface area (Å²) >= 11 is 12.9. The topological polar surface area (TPSA) is 91.0 Å². The Morgan fingerprint density at radius 3 is 2.59 bits per heavy atom. The summed E-state index contributed by atoms with van der Waals surface area (Å²) in [4.78, 5) is 28.1. The fourth-order valence-corrected chi connectivity index (χ4v) is 3.41. The average molecular weight is 423 g/mol. The highest BCUT2D eigenvalue weighted by atomic mass is 35.5. The number of rotatable bonds is 4. The lowest BCUT2D eigenvalue weighted by atomic mass is 10.2. The van der Waals surface area contributed by atoms with Crippen LogP contribution in [0.15, 0.2) is 46.3 Å². The van der Waals surface area contributed by atoms with E-state index in [9.17, 15) is 9.59 Å². The summed E-state index contributed by atoms with van der Waals surface area (Å²) in [5.74, 6) is -0.530. The maximum atomic E-state index is 12.4. The summed E-state index contributed by atoms with van der Waals surface area (Å²) < 4.78 is 10.7. The van der Waals surface area contributed by atoms with Gasteiger partial charge in [-0.3, -0.25) is 4.79 Å². The zero-order chi connectivity index (χ0) is 19.6. The molecule has 1 aliphatic heterocycles. The highest BCUT2D eigenvalue weighted by molar-refractivity contribution is 8.18. The SMILES string of the molecule is COc1cc(/C=C2\SC(N)=NC2=O)ccc1OC(=O)c1ccc(Cl)cc1Cl. The molecule has 0 bridgehead atoms. The number of hydrogen-bond donors (Lipinski definition) is 1. The van der Waals surface area contributed by atoms with Gasteiger partial charge in [0.25, 0.3) is 5.91 Å². The van der Waals surface area contributed by atoms with E-state index in [0.717, 1.165) is 11.8 Å². The van der Waals surface area contributed by atoms with E-state index in [1.807, 2.05) is 0 Å². The molecule has 3 rings (SSSR count). The third-order valence-electron chi connectivity index (χ3n) is 3.48. The van der Waals surface area contributed by atoms with Gasteiger partial charge in [0.2, 0.25) is 0 Å². The van der Waals surface area contributed by atoms with Gasteiger partial charge in [-0.2, -0.15) is 4.99 Å². The highest BCUT2D eigenvalue weighted by Crippen LogP contribution is 2.33. The van der Waals surface area contributed by atoms with Crippen molar-refractivity contribution in [2.24, 2.45) is 10.7 Å². The zero-order valence-corrected chi connectivity index (χ0v) is 16.2. The second kappa shape index (κ2) is 8.04. The molecule has 0 saturated heterocycles. The third-order valence-corrected chi connectivity index (χ3v) is 4.84. The molecular formula is C18H12Cl2N2O4S. The fraction of sp³-hybridized carbons (Fsp3) is 0.0556. The van der Waals surface area contributed by atoms with Crippen LogP contribution in [0.25, 0.3) is 6.08 Å². The molecule has 2 N–H and O–H groups in total. The summed E-state index contributed by atoms with van der Waals surface area (Å²) in [7, 11) is 1.44. The van der Waals surface area contributed by atoms with Crippen LogP contribution in [0.2, 0.25) is 10.0 Å². The Morgan fingerprint density at radius 2 is 1.96 bits per heavy atom. The molecule has 0 aromatic heterocycles. The summed E-state index contributed by atoms with van der Waals surface area (Å²) in [6, 6.07) is 9.33. The van der Waals surface area contributed by atoms with Gasteiger partial charge in [-0.25, -0.2) is 4.79 Å². The Balaban J connectivity index is 1.83. The number of halogens is 2. The molecular weight excluding hydrogens is 411 g/mol. The first-order chi connectivity index (χ1) is 12.9. The molecule has 0 atom stereocenters. The third kappa shape index (κ3) is 4.44. The number of amides is 1. The first kappa shape index (κ1) is 19.3. The van der Waals surface area contributed by atoms with Crippen LogP contribution in [0.1, 0.15) is 15.9 Å². The first-order valence-corrected chi connectivity index (χ1v) is 9.08. The van der Waals surface area contributed by atoms with Crippen molar-refractivity contribution in [3.63, 3.8) is 0 Å². The molecule has 2 aromatic rings. The van der Waals surface area contributed by atoms with Gasteiger partial charge in [0, 0.05) is 5.02 Å². The number of methoxy groups -OCH3 is 1. The molecule has 0 radical (unpaired) electrons. The van der Waals surface area contributed by atoms with E-state index >= 15 is 0 Å². The number of carbonyl (C=O) groups excluding carboxylic acids is 2. The summed E-state index contributed by atoms with van der Waals surface area (Å²) in [6.45, 7) is 0. The molecule has 1 amide bonds. The minimum Gasteiger partial charge on any atom is -0.493 e. The lowest BCUT2D eigenvalue weighted by Crippen LogP contribution is -2.10.